The number of aromatic nitrogens is 1. The fourth-order valence-electron chi connectivity index (χ4n) is 5.16. The molecule has 1 saturated carbocycles. The molecular formula is C30H44ClN5O3S. The summed E-state index contributed by atoms with van der Waals surface area (Å²) >= 11 is 7.61. The first-order chi connectivity index (χ1) is 19.2. The minimum Gasteiger partial charge on any atom is -0.350 e. The summed E-state index contributed by atoms with van der Waals surface area (Å²) < 4.78 is 0.936. The number of likely N-dealkylation sites (N-methyl/N-ethyl adjacent to an activating group) is 1. The van der Waals surface area contributed by atoms with E-state index in [1.54, 1.807) is 13.0 Å². The van der Waals surface area contributed by atoms with Crippen LogP contribution in [0, 0.1) is 5.92 Å². The Labute approximate surface area is 247 Å². The van der Waals surface area contributed by atoms with Gasteiger partial charge in [-0.05, 0) is 43.6 Å². The molecule has 10 heteroatoms. The summed E-state index contributed by atoms with van der Waals surface area (Å²) in [6.45, 7) is 12.4. The average Bonchev–Trinajstić information content (AvgIpc) is 3.35. The molecular weight excluding hydrogens is 546 g/mol. The third-order valence-corrected chi connectivity index (χ3v) is 8.85. The topological polar surface area (TPSA) is 103 Å². The molecule has 1 heterocycles. The summed E-state index contributed by atoms with van der Waals surface area (Å²) in [5.41, 5.74) is 1.32. The maximum Gasteiger partial charge on any atom is 0.247 e. The van der Waals surface area contributed by atoms with Crippen LogP contribution in [0.3, 0.4) is 0 Å². The molecule has 0 spiro atoms. The van der Waals surface area contributed by atoms with Gasteiger partial charge in [0.05, 0.1) is 15.2 Å². The molecule has 8 nitrogen and oxygen atoms in total. The highest BCUT2D eigenvalue weighted by atomic mass is 35.5. The van der Waals surface area contributed by atoms with E-state index in [0.29, 0.717) is 29.6 Å². The lowest BCUT2D eigenvalue weighted by Crippen LogP contribution is -2.53. The van der Waals surface area contributed by atoms with Gasteiger partial charge >= 0.3 is 0 Å². The van der Waals surface area contributed by atoms with E-state index in [9.17, 15) is 14.4 Å². The number of rotatable bonds is 15. The molecule has 220 valence electrons. The van der Waals surface area contributed by atoms with Crippen molar-refractivity contribution >= 4 is 50.9 Å². The van der Waals surface area contributed by atoms with Crippen molar-refractivity contribution in [1.29, 1.82) is 0 Å². The molecule has 3 N–H and O–H groups in total. The molecule has 1 fully saturated rings. The predicted molar refractivity (Wildman–Crippen MR) is 164 cm³/mol. The van der Waals surface area contributed by atoms with Crippen LogP contribution in [0.1, 0.15) is 70.7 Å². The number of nitrogens with one attached hydrogen (secondary N) is 3. The van der Waals surface area contributed by atoms with Gasteiger partial charge in [0.1, 0.15) is 6.04 Å². The molecule has 0 aliphatic heterocycles. The van der Waals surface area contributed by atoms with E-state index >= 15 is 0 Å². The second-order valence-corrected chi connectivity index (χ2v) is 12.2. The van der Waals surface area contributed by atoms with Crippen LogP contribution in [-0.4, -0.2) is 65.9 Å². The number of carbonyl (C=O) groups excluding carboxylic acids is 3. The molecule has 0 saturated heterocycles. The van der Waals surface area contributed by atoms with Gasteiger partial charge in [-0.2, -0.15) is 0 Å². The number of benzene rings is 1. The van der Waals surface area contributed by atoms with Gasteiger partial charge in [0.25, 0.3) is 0 Å². The largest absolute Gasteiger partial charge is 0.350 e. The Kier molecular flexibility index (Phi) is 12.9. The normalized spacial score (nSPS) is 15.5. The molecule has 1 aliphatic rings. The van der Waals surface area contributed by atoms with Gasteiger partial charge in [-0.1, -0.05) is 71.1 Å². The van der Waals surface area contributed by atoms with Crippen molar-refractivity contribution < 1.29 is 14.4 Å². The van der Waals surface area contributed by atoms with Crippen LogP contribution >= 0.6 is 22.9 Å². The van der Waals surface area contributed by atoms with E-state index in [2.05, 4.69) is 46.3 Å². The molecule has 3 rings (SSSR count). The number of thiazole rings is 1. The summed E-state index contributed by atoms with van der Waals surface area (Å²) in [7, 11) is 0. The van der Waals surface area contributed by atoms with Crippen LogP contribution in [0.15, 0.2) is 30.4 Å². The molecule has 2 aromatic rings. The van der Waals surface area contributed by atoms with Gasteiger partial charge in [0.15, 0.2) is 0 Å². The third-order valence-electron chi connectivity index (χ3n) is 7.57. The number of halogens is 1. The van der Waals surface area contributed by atoms with Crippen molar-refractivity contribution in [2.75, 3.05) is 26.2 Å². The van der Waals surface area contributed by atoms with Gasteiger partial charge in [-0.3, -0.25) is 19.3 Å². The second kappa shape index (κ2) is 16.1. The van der Waals surface area contributed by atoms with E-state index in [4.69, 9.17) is 11.6 Å². The Morgan fingerprint density at radius 3 is 2.52 bits per heavy atom. The van der Waals surface area contributed by atoms with Crippen LogP contribution < -0.4 is 16.0 Å². The molecule has 0 radical (unpaired) electrons. The highest BCUT2D eigenvalue weighted by molar-refractivity contribution is 7.18. The zero-order chi connectivity index (χ0) is 29.1. The Hall–Kier alpha value is -2.49. The second-order valence-electron chi connectivity index (χ2n) is 10.6. The third kappa shape index (κ3) is 9.85. The van der Waals surface area contributed by atoms with E-state index in [-0.39, 0.29) is 36.6 Å². The number of hydrogen-bond acceptors (Lipinski definition) is 6. The summed E-state index contributed by atoms with van der Waals surface area (Å²) in [5, 5.41) is 10.4. The lowest BCUT2D eigenvalue weighted by molar-refractivity contribution is -0.129. The quantitative estimate of drug-likeness (QED) is 0.258. The van der Waals surface area contributed by atoms with E-state index in [0.717, 1.165) is 47.6 Å². The van der Waals surface area contributed by atoms with Crippen molar-refractivity contribution in [3.63, 3.8) is 0 Å². The molecule has 3 amide bonds. The molecule has 1 aromatic carbocycles. The monoisotopic (exact) mass is 589 g/mol. The number of carbonyl (C=O) groups is 3. The van der Waals surface area contributed by atoms with Gasteiger partial charge in [0, 0.05) is 42.6 Å². The van der Waals surface area contributed by atoms with Gasteiger partial charge in [-0.25, -0.2) is 4.98 Å². The summed E-state index contributed by atoms with van der Waals surface area (Å²) in [6.07, 6.45) is 7.20. The lowest BCUT2D eigenvalue weighted by atomic mass is 9.84. The minimum absolute atomic E-state index is 0.196. The van der Waals surface area contributed by atoms with Crippen LogP contribution in [0.5, 0.6) is 0 Å². The van der Waals surface area contributed by atoms with Gasteiger partial charge in [-0.15, -0.1) is 11.3 Å². The molecule has 1 aromatic heterocycles. The smallest absolute Gasteiger partial charge is 0.247 e. The van der Waals surface area contributed by atoms with Crippen molar-refractivity contribution in [1.82, 2.24) is 25.8 Å². The van der Waals surface area contributed by atoms with Crippen LogP contribution in [0.25, 0.3) is 10.2 Å². The molecule has 0 unspecified atom stereocenters. The fraction of sp³-hybridized carbons (Fsp3) is 0.600. The highest BCUT2D eigenvalue weighted by Crippen LogP contribution is 2.28. The zero-order valence-electron chi connectivity index (χ0n) is 24.1. The predicted octanol–water partition coefficient (Wildman–Crippen LogP) is 4.86. The van der Waals surface area contributed by atoms with Crippen molar-refractivity contribution in [3.05, 3.63) is 40.4 Å². The molecule has 0 bridgehead atoms. The van der Waals surface area contributed by atoms with E-state index in [1.807, 2.05) is 12.1 Å². The average molecular weight is 590 g/mol. The molecule has 1 aliphatic carbocycles. The fourth-order valence-corrected chi connectivity index (χ4v) is 6.45. The van der Waals surface area contributed by atoms with E-state index in [1.165, 1.54) is 30.6 Å². The van der Waals surface area contributed by atoms with Crippen molar-refractivity contribution in [2.45, 2.75) is 84.2 Å². The van der Waals surface area contributed by atoms with Gasteiger partial charge in [0.2, 0.25) is 17.7 Å². The zero-order valence-corrected chi connectivity index (χ0v) is 25.6. The first-order valence-electron chi connectivity index (χ1n) is 14.5. The van der Waals surface area contributed by atoms with Gasteiger partial charge < -0.3 is 16.0 Å². The summed E-state index contributed by atoms with van der Waals surface area (Å²) in [5.74, 6) is -0.170. The highest BCUT2D eigenvalue weighted by Gasteiger charge is 2.27. The molecule has 2 atom stereocenters. The van der Waals surface area contributed by atoms with E-state index < -0.39 is 6.04 Å². The maximum atomic E-state index is 13.6. The Morgan fingerprint density at radius 2 is 1.85 bits per heavy atom. The lowest BCUT2D eigenvalue weighted by Gasteiger charge is -2.29. The Morgan fingerprint density at radius 1 is 1.12 bits per heavy atom. The number of amides is 3. The summed E-state index contributed by atoms with van der Waals surface area (Å²) in [6, 6.07) is 4.47. The maximum absolute atomic E-state index is 13.6. The molecule has 40 heavy (non-hydrogen) atoms. The number of fused-ring (bicyclic) bond motifs is 1. The summed E-state index contributed by atoms with van der Waals surface area (Å²) in [4.78, 5) is 45.6. The Bertz CT molecular complexity index is 1160. The first kappa shape index (κ1) is 32.0. The number of hydrogen-bond donors (Lipinski definition) is 3. The van der Waals surface area contributed by atoms with Crippen molar-refractivity contribution in [2.24, 2.45) is 5.92 Å². The van der Waals surface area contributed by atoms with Crippen molar-refractivity contribution in [3.8, 4) is 0 Å². The Balaban J connectivity index is 1.71. The van der Waals surface area contributed by atoms with Crippen LogP contribution in [0.4, 0.5) is 0 Å². The van der Waals surface area contributed by atoms with Crippen LogP contribution in [-0.2, 0) is 20.8 Å². The van der Waals surface area contributed by atoms with Crippen LogP contribution in [0.2, 0.25) is 5.02 Å². The standard InChI is InChI=1S/C30H44ClN5O3S/c1-5-27(37)34-25(17-28-35-24-14-13-22(31)16-26(24)40-28)30(39)33-23(15-21-11-9-8-10-12-21)18-32-29(38)20(4)19-36(6-2)7-3/h13-14,16,21,23,25H,4-12,15,17-19H2,1-3H3,(H,32,38)(H,33,39)(H,34,37)/t23-,25-/m0/s1. The minimum atomic E-state index is -0.773. The number of nitrogens with zero attached hydrogens (tertiary/aromatic N) is 2. The first-order valence-corrected chi connectivity index (χ1v) is 15.7. The SMILES string of the molecule is C=C(CN(CC)CC)C(=O)NC[C@H](CC1CCCCC1)NC(=O)[C@H](Cc1nc2ccc(Cl)cc2s1)NC(=O)CC.